The number of amides is 2. The second kappa shape index (κ2) is 7.74. The maximum atomic E-state index is 14.2. The van der Waals surface area contributed by atoms with Gasteiger partial charge in [0.25, 0.3) is 5.91 Å². The van der Waals surface area contributed by atoms with Gasteiger partial charge in [-0.1, -0.05) is 6.92 Å². The van der Waals surface area contributed by atoms with Gasteiger partial charge in [-0.05, 0) is 61.2 Å². The Bertz CT molecular complexity index is 969. The van der Waals surface area contributed by atoms with E-state index in [-0.39, 0.29) is 35.6 Å². The van der Waals surface area contributed by atoms with Crippen LogP contribution in [0.2, 0.25) is 0 Å². The van der Waals surface area contributed by atoms with Crippen molar-refractivity contribution in [2.24, 2.45) is 11.8 Å². The second-order valence-corrected chi connectivity index (χ2v) is 8.68. The number of carbonyl (C=O) groups is 2. The first-order valence-electron chi connectivity index (χ1n) is 10.5. The Morgan fingerprint density at radius 2 is 1.77 bits per heavy atom. The summed E-state index contributed by atoms with van der Waals surface area (Å²) in [5.41, 5.74) is 3.06. The number of rotatable bonds is 4. The van der Waals surface area contributed by atoms with E-state index in [4.69, 9.17) is 0 Å². The molecule has 0 spiro atoms. The average molecular weight is 410 g/mol. The number of hydrogen-bond acceptors (Lipinski definition) is 3. The number of nitrogens with one attached hydrogen (secondary N) is 1. The summed E-state index contributed by atoms with van der Waals surface area (Å²) in [5, 5.41) is 3.55. The van der Waals surface area contributed by atoms with Gasteiger partial charge in [-0.2, -0.15) is 0 Å². The van der Waals surface area contributed by atoms with E-state index in [1.54, 1.807) is 44.1 Å². The van der Waals surface area contributed by atoms with Crippen LogP contribution in [0.15, 0.2) is 42.5 Å². The molecule has 1 aliphatic heterocycles. The number of carbonyl (C=O) groups excluding carboxylic acids is 2. The Morgan fingerprint density at radius 1 is 1.10 bits per heavy atom. The molecule has 1 heterocycles. The van der Waals surface area contributed by atoms with Gasteiger partial charge in [-0.25, -0.2) is 4.39 Å². The van der Waals surface area contributed by atoms with Crippen LogP contribution in [0.4, 0.5) is 15.8 Å². The van der Waals surface area contributed by atoms with E-state index in [0.717, 1.165) is 29.8 Å². The zero-order valence-electron chi connectivity index (χ0n) is 17.9. The van der Waals surface area contributed by atoms with E-state index in [1.165, 1.54) is 12.1 Å². The molecule has 158 valence electrons. The van der Waals surface area contributed by atoms with Crippen LogP contribution in [0.1, 0.15) is 48.7 Å². The van der Waals surface area contributed by atoms with Crippen LogP contribution in [0.25, 0.3) is 0 Å². The molecule has 0 bridgehead atoms. The van der Waals surface area contributed by atoms with Crippen LogP contribution in [0.5, 0.6) is 0 Å². The molecular weight excluding hydrogens is 381 g/mol. The highest BCUT2D eigenvalue weighted by Gasteiger charge is 2.47. The minimum atomic E-state index is -0.312. The molecule has 3 atom stereocenters. The lowest BCUT2D eigenvalue weighted by atomic mass is 9.79. The molecule has 0 saturated heterocycles. The van der Waals surface area contributed by atoms with Crippen LogP contribution in [0, 0.1) is 17.7 Å². The van der Waals surface area contributed by atoms with Gasteiger partial charge in [0.05, 0.1) is 6.04 Å². The number of anilines is 2. The Kier molecular flexibility index (Phi) is 5.26. The minimum absolute atomic E-state index is 0.00314. The number of benzene rings is 2. The first-order chi connectivity index (χ1) is 14.3. The van der Waals surface area contributed by atoms with Crippen LogP contribution < -0.4 is 10.2 Å². The Labute approximate surface area is 176 Å². The lowest BCUT2D eigenvalue weighted by molar-refractivity contribution is -0.117. The van der Waals surface area contributed by atoms with Gasteiger partial charge in [-0.3, -0.25) is 9.59 Å². The molecule has 1 saturated carbocycles. The standard InChI is InChI=1S/C24H28FN3O2/c1-14-22(26-19-10-7-17(8-11-19)24(30)27(3)4)20-13-18(25)9-12-21(20)28(15(2)29)23(14)16-5-6-16/h7-14,16,22-23,26H,5-6H2,1-4H3/t14-,22-,23+/m1/s1. The van der Waals surface area contributed by atoms with Gasteiger partial charge in [0.15, 0.2) is 0 Å². The van der Waals surface area contributed by atoms with Crippen molar-refractivity contribution in [2.45, 2.75) is 38.8 Å². The van der Waals surface area contributed by atoms with Crippen LogP contribution in [-0.4, -0.2) is 36.9 Å². The molecule has 4 rings (SSSR count). The highest BCUT2D eigenvalue weighted by atomic mass is 19.1. The summed E-state index contributed by atoms with van der Waals surface area (Å²) in [6.45, 7) is 3.72. The maximum Gasteiger partial charge on any atom is 0.253 e. The summed E-state index contributed by atoms with van der Waals surface area (Å²) in [4.78, 5) is 28.1. The molecule has 5 nitrogen and oxygen atoms in total. The van der Waals surface area contributed by atoms with Gasteiger partial charge in [0.2, 0.25) is 5.91 Å². The van der Waals surface area contributed by atoms with E-state index in [0.29, 0.717) is 11.5 Å². The summed E-state index contributed by atoms with van der Waals surface area (Å²) in [5.74, 6) is 0.223. The third-order valence-electron chi connectivity index (χ3n) is 6.25. The van der Waals surface area contributed by atoms with Crippen molar-refractivity contribution in [1.29, 1.82) is 0 Å². The van der Waals surface area contributed by atoms with Crippen molar-refractivity contribution >= 4 is 23.2 Å². The van der Waals surface area contributed by atoms with Crippen molar-refractivity contribution in [3.05, 3.63) is 59.4 Å². The molecule has 1 aliphatic carbocycles. The molecule has 2 aromatic carbocycles. The van der Waals surface area contributed by atoms with Crippen LogP contribution in [0.3, 0.4) is 0 Å². The predicted octanol–water partition coefficient (Wildman–Crippen LogP) is 4.46. The monoisotopic (exact) mass is 409 g/mol. The number of nitrogens with zero attached hydrogens (tertiary/aromatic N) is 2. The summed E-state index contributed by atoms with van der Waals surface area (Å²) < 4.78 is 14.2. The smallest absolute Gasteiger partial charge is 0.253 e. The van der Waals surface area contributed by atoms with Crippen molar-refractivity contribution in [1.82, 2.24) is 4.90 Å². The maximum absolute atomic E-state index is 14.2. The Balaban J connectivity index is 1.70. The first kappa shape index (κ1) is 20.4. The molecule has 0 unspecified atom stereocenters. The molecule has 1 N–H and O–H groups in total. The molecular formula is C24H28FN3O2. The zero-order valence-corrected chi connectivity index (χ0v) is 17.9. The first-order valence-corrected chi connectivity index (χ1v) is 10.5. The lowest BCUT2D eigenvalue weighted by Gasteiger charge is -2.46. The summed E-state index contributed by atoms with van der Waals surface area (Å²) in [7, 11) is 3.45. The Morgan fingerprint density at radius 3 is 2.33 bits per heavy atom. The fourth-order valence-electron chi connectivity index (χ4n) is 4.68. The van der Waals surface area contributed by atoms with Crippen LogP contribution in [-0.2, 0) is 4.79 Å². The molecule has 0 radical (unpaired) electrons. The van der Waals surface area contributed by atoms with Crippen molar-refractivity contribution in [3.8, 4) is 0 Å². The van der Waals surface area contributed by atoms with E-state index in [1.807, 2.05) is 17.0 Å². The third-order valence-corrected chi connectivity index (χ3v) is 6.25. The number of fused-ring (bicyclic) bond motifs is 1. The summed E-state index contributed by atoms with van der Waals surface area (Å²) in [6.07, 6.45) is 2.23. The minimum Gasteiger partial charge on any atom is -0.378 e. The summed E-state index contributed by atoms with van der Waals surface area (Å²) >= 11 is 0. The SMILES string of the molecule is CC(=O)N1c2ccc(F)cc2[C@H](Nc2ccc(C(=O)N(C)C)cc2)[C@@H](C)[C@H]1C1CC1. The van der Waals surface area contributed by atoms with Gasteiger partial charge in [0, 0.05) is 55.5 Å². The molecule has 0 aromatic heterocycles. The molecule has 1 fully saturated rings. The van der Waals surface area contributed by atoms with Crippen molar-refractivity contribution in [2.75, 3.05) is 24.3 Å². The molecule has 2 amide bonds. The average Bonchev–Trinajstić information content (AvgIpc) is 3.54. The van der Waals surface area contributed by atoms with E-state index in [2.05, 4.69) is 12.2 Å². The third kappa shape index (κ3) is 3.66. The largest absolute Gasteiger partial charge is 0.378 e. The quantitative estimate of drug-likeness (QED) is 0.811. The molecule has 6 heteroatoms. The molecule has 30 heavy (non-hydrogen) atoms. The predicted molar refractivity (Wildman–Crippen MR) is 116 cm³/mol. The van der Waals surface area contributed by atoms with Gasteiger partial charge in [-0.15, -0.1) is 0 Å². The normalized spacial score (nSPS) is 23.0. The van der Waals surface area contributed by atoms with E-state index in [9.17, 15) is 14.0 Å². The van der Waals surface area contributed by atoms with Crippen LogP contribution >= 0.6 is 0 Å². The molecule has 2 aliphatic rings. The topological polar surface area (TPSA) is 52.7 Å². The zero-order chi connectivity index (χ0) is 21.6. The van der Waals surface area contributed by atoms with E-state index >= 15 is 0 Å². The van der Waals surface area contributed by atoms with Gasteiger partial charge < -0.3 is 15.1 Å². The number of halogens is 1. The van der Waals surface area contributed by atoms with Crippen molar-refractivity contribution in [3.63, 3.8) is 0 Å². The van der Waals surface area contributed by atoms with Gasteiger partial charge >= 0.3 is 0 Å². The summed E-state index contributed by atoms with van der Waals surface area (Å²) in [6, 6.07) is 12.0. The number of hydrogen-bond donors (Lipinski definition) is 1. The van der Waals surface area contributed by atoms with E-state index < -0.39 is 0 Å². The Hall–Kier alpha value is -2.89. The van der Waals surface area contributed by atoms with Crippen molar-refractivity contribution < 1.29 is 14.0 Å². The molecule has 2 aromatic rings. The highest BCUT2D eigenvalue weighted by Crippen LogP contribution is 2.50. The van der Waals surface area contributed by atoms with Gasteiger partial charge in [0.1, 0.15) is 5.82 Å². The highest BCUT2D eigenvalue weighted by molar-refractivity contribution is 5.95. The lowest BCUT2D eigenvalue weighted by Crippen LogP contribution is -2.51. The fourth-order valence-corrected chi connectivity index (χ4v) is 4.68. The fraction of sp³-hybridized carbons (Fsp3) is 0.417. The second-order valence-electron chi connectivity index (χ2n) is 8.68.